The number of sulfonamides is 1. The number of hydrogen-bond acceptors (Lipinski definition) is 7. The maximum absolute atomic E-state index is 13.3. The highest BCUT2D eigenvalue weighted by Crippen LogP contribution is 2.34. The molecular formula is C42H38Cl4N2O6S. The van der Waals surface area contributed by atoms with Crippen molar-refractivity contribution in [1.82, 2.24) is 0 Å². The molecule has 0 spiro atoms. The van der Waals surface area contributed by atoms with Crippen LogP contribution in [0.5, 0.6) is 0 Å². The molecule has 0 amide bonds. The number of fused-ring (bicyclic) bond motifs is 2. The average molecular weight is 841 g/mol. The smallest absolute Gasteiger partial charge is 0.261 e. The van der Waals surface area contributed by atoms with Crippen molar-refractivity contribution in [1.29, 1.82) is 0 Å². The number of halogens is 4. The summed E-state index contributed by atoms with van der Waals surface area (Å²) in [5.74, 6) is 0.809. The molecule has 0 unspecified atom stereocenters. The first-order valence-electron chi connectivity index (χ1n) is 16.3. The van der Waals surface area contributed by atoms with Crippen LogP contribution in [-0.2, 0) is 22.9 Å². The second-order valence-corrected chi connectivity index (χ2v) is 15.1. The summed E-state index contributed by atoms with van der Waals surface area (Å²) in [6.45, 7) is 3.86. The van der Waals surface area contributed by atoms with Crippen LogP contribution in [0.3, 0.4) is 0 Å². The van der Waals surface area contributed by atoms with Crippen LogP contribution >= 0.6 is 46.4 Å². The summed E-state index contributed by atoms with van der Waals surface area (Å²) in [7, 11) is -3.94. The summed E-state index contributed by atoms with van der Waals surface area (Å²) in [6.07, 6.45) is 1.18. The third-order valence-corrected chi connectivity index (χ3v) is 11.1. The molecule has 0 aliphatic heterocycles. The Kier molecular flexibility index (Phi) is 13.9. The van der Waals surface area contributed by atoms with Crippen LogP contribution in [-0.4, -0.2) is 20.0 Å². The predicted molar refractivity (Wildman–Crippen MR) is 226 cm³/mol. The Hall–Kier alpha value is -4.77. The van der Waals surface area contributed by atoms with Crippen LogP contribution < -0.4 is 10.5 Å². The van der Waals surface area contributed by atoms with Gasteiger partial charge >= 0.3 is 0 Å². The summed E-state index contributed by atoms with van der Waals surface area (Å²) in [6, 6.07) is 28.0. The number of carbonyl (C=O) groups excluding carboxylic acids is 2. The van der Waals surface area contributed by atoms with Crippen LogP contribution in [0, 0.1) is 0 Å². The maximum Gasteiger partial charge on any atom is 0.261 e. The minimum absolute atomic E-state index is 0. The van der Waals surface area contributed by atoms with E-state index in [1.807, 2.05) is 56.3 Å². The zero-order valence-corrected chi connectivity index (χ0v) is 32.0. The standard InChI is InChI=1S/C23H16Cl3NO4S.C17H14ClNO2.2CH4/c1-2-20-22(16-5-3-4-6-21(16)31-20)23(28)15-9-7-13(11-18(15)25)27-32(29,30)14-8-10-17(24)19(26)12-14;1-2-14-16(12-5-3-4-6-15(12)21-14)17(20)11-8-7-10(19)9-13(11)18;;/h3-12,27H,2H2,1H3;3-9H,2,19H2,1H3;2*1H4. The van der Waals surface area contributed by atoms with Crippen molar-refractivity contribution in [2.24, 2.45) is 0 Å². The van der Waals surface area contributed by atoms with Gasteiger partial charge in [-0.1, -0.05) is 112 Å². The van der Waals surface area contributed by atoms with E-state index >= 15 is 0 Å². The number of hydrogen-bond donors (Lipinski definition) is 2. The van der Waals surface area contributed by atoms with E-state index in [0.717, 1.165) is 5.39 Å². The fraction of sp³-hybridized carbons (Fsp3) is 0.143. The van der Waals surface area contributed by atoms with Crippen molar-refractivity contribution >= 4 is 101 Å². The van der Waals surface area contributed by atoms with Crippen molar-refractivity contribution in [2.75, 3.05) is 10.5 Å². The van der Waals surface area contributed by atoms with E-state index in [1.165, 1.54) is 36.4 Å². The number of nitrogens with two attached hydrogens (primary N) is 1. The Bertz CT molecular complexity index is 2650. The number of benzene rings is 5. The van der Waals surface area contributed by atoms with E-state index in [2.05, 4.69) is 4.72 Å². The molecule has 0 saturated heterocycles. The third kappa shape index (κ3) is 8.88. The van der Waals surface area contributed by atoms with Crippen LogP contribution in [0.25, 0.3) is 21.9 Å². The number of carbonyl (C=O) groups is 2. The van der Waals surface area contributed by atoms with E-state index in [4.69, 9.17) is 61.0 Å². The van der Waals surface area contributed by atoms with E-state index in [-0.39, 0.29) is 57.6 Å². The first-order chi connectivity index (χ1) is 25.3. The van der Waals surface area contributed by atoms with Crippen LogP contribution in [0.4, 0.5) is 11.4 Å². The van der Waals surface area contributed by atoms with Crippen LogP contribution in [0.2, 0.25) is 20.1 Å². The molecule has 0 bridgehead atoms. The van der Waals surface area contributed by atoms with E-state index in [1.54, 1.807) is 24.3 Å². The SMILES string of the molecule is C.C.CCc1oc2ccccc2c1C(=O)c1ccc(N)cc1Cl.CCc1oc2ccccc2c1C(=O)c1ccc(NS(=O)(=O)c2ccc(Cl)c(Cl)c2)cc1Cl. The monoisotopic (exact) mass is 838 g/mol. The number of rotatable bonds is 9. The number of aryl methyl sites for hydroxylation is 2. The fourth-order valence-electron chi connectivity index (χ4n) is 5.79. The van der Waals surface area contributed by atoms with Gasteiger partial charge in [-0.15, -0.1) is 0 Å². The van der Waals surface area contributed by atoms with Gasteiger partial charge < -0.3 is 14.6 Å². The lowest BCUT2D eigenvalue weighted by Gasteiger charge is -2.11. The van der Waals surface area contributed by atoms with Crippen LogP contribution in [0.15, 0.2) is 117 Å². The van der Waals surface area contributed by atoms with E-state index in [9.17, 15) is 18.0 Å². The minimum Gasteiger partial charge on any atom is -0.460 e. The highest BCUT2D eigenvalue weighted by molar-refractivity contribution is 7.92. The number of ketones is 2. The van der Waals surface area contributed by atoms with Crippen molar-refractivity contribution in [3.8, 4) is 0 Å². The third-order valence-electron chi connectivity index (χ3n) is 8.34. The lowest BCUT2D eigenvalue weighted by atomic mass is 9.99. The lowest BCUT2D eigenvalue weighted by Crippen LogP contribution is -2.13. The minimum atomic E-state index is -3.94. The molecule has 0 aliphatic carbocycles. The van der Waals surface area contributed by atoms with Gasteiger partial charge in [0.25, 0.3) is 10.0 Å². The Morgan fingerprint density at radius 2 is 1.11 bits per heavy atom. The molecule has 7 rings (SSSR count). The molecule has 13 heteroatoms. The highest BCUT2D eigenvalue weighted by atomic mass is 35.5. The molecule has 0 aliphatic rings. The number of para-hydroxylation sites is 2. The van der Waals surface area contributed by atoms with Crippen molar-refractivity contribution in [3.05, 3.63) is 157 Å². The average Bonchev–Trinajstić information content (AvgIpc) is 3.71. The lowest BCUT2D eigenvalue weighted by molar-refractivity contribution is 0.103. The van der Waals surface area contributed by atoms with Gasteiger partial charge in [-0.2, -0.15) is 0 Å². The van der Waals surface area contributed by atoms with Gasteiger partial charge in [0.2, 0.25) is 0 Å². The van der Waals surface area contributed by atoms with Crippen molar-refractivity contribution < 1.29 is 26.8 Å². The van der Waals surface area contributed by atoms with Crippen molar-refractivity contribution in [3.63, 3.8) is 0 Å². The quantitative estimate of drug-likeness (QED) is 0.109. The second-order valence-electron chi connectivity index (χ2n) is 11.8. The number of nitrogen functional groups attached to an aromatic ring is 1. The predicted octanol–water partition coefficient (Wildman–Crippen LogP) is 12.7. The number of nitrogens with one attached hydrogen (secondary N) is 1. The Morgan fingerprint density at radius 1 is 0.618 bits per heavy atom. The Morgan fingerprint density at radius 3 is 1.58 bits per heavy atom. The highest BCUT2D eigenvalue weighted by Gasteiger charge is 2.25. The summed E-state index contributed by atoms with van der Waals surface area (Å²) < 4.78 is 39.4. The van der Waals surface area contributed by atoms with Gasteiger partial charge in [-0.3, -0.25) is 14.3 Å². The number of furan rings is 2. The largest absolute Gasteiger partial charge is 0.460 e. The number of anilines is 2. The van der Waals surface area contributed by atoms with Gasteiger partial charge in [0.1, 0.15) is 22.7 Å². The molecule has 8 nitrogen and oxygen atoms in total. The molecule has 0 fully saturated rings. The van der Waals surface area contributed by atoms with Crippen molar-refractivity contribution in [2.45, 2.75) is 46.4 Å². The van der Waals surface area contributed by atoms with Gasteiger partial charge in [-0.05, 0) is 66.7 Å². The fourth-order valence-corrected chi connectivity index (χ4v) is 7.77. The zero-order valence-electron chi connectivity index (χ0n) is 28.2. The normalized spacial score (nSPS) is 10.9. The molecule has 5 aromatic carbocycles. The molecule has 3 N–H and O–H groups in total. The van der Waals surface area contributed by atoms with Gasteiger partial charge in [-0.25, -0.2) is 8.42 Å². The molecule has 0 atom stereocenters. The summed E-state index contributed by atoms with van der Waals surface area (Å²) in [4.78, 5) is 26.1. The Labute approximate surface area is 340 Å². The zero-order chi connectivity index (χ0) is 38.0. The van der Waals surface area contributed by atoms with Gasteiger partial charge in [0.15, 0.2) is 11.6 Å². The molecule has 55 heavy (non-hydrogen) atoms. The first-order valence-corrected chi connectivity index (χ1v) is 19.2. The molecule has 2 aromatic heterocycles. The van der Waals surface area contributed by atoms with E-state index in [0.29, 0.717) is 68.3 Å². The second kappa shape index (κ2) is 17.8. The topological polar surface area (TPSA) is 133 Å². The molecule has 0 saturated carbocycles. The van der Waals surface area contributed by atoms with Gasteiger partial charge in [0.05, 0.1) is 41.8 Å². The molecule has 7 aromatic rings. The van der Waals surface area contributed by atoms with Gasteiger partial charge in [0, 0.05) is 40.4 Å². The van der Waals surface area contributed by atoms with E-state index < -0.39 is 10.0 Å². The summed E-state index contributed by atoms with van der Waals surface area (Å²) in [5, 5.41) is 2.34. The Balaban J connectivity index is 0.000000255. The summed E-state index contributed by atoms with van der Waals surface area (Å²) >= 11 is 24.3. The molecular weight excluding hydrogens is 802 g/mol. The summed E-state index contributed by atoms with van der Waals surface area (Å²) in [5.41, 5.74) is 9.46. The first kappa shape index (κ1) is 43.0. The molecule has 0 radical (unpaired) electrons. The molecule has 2 heterocycles. The van der Waals surface area contributed by atoms with Crippen LogP contribution in [0.1, 0.15) is 72.1 Å². The maximum atomic E-state index is 13.3. The molecule has 286 valence electrons.